The van der Waals surface area contributed by atoms with Gasteiger partial charge in [-0.1, -0.05) is 19.3 Å². The predicted octanol–water partition coefficient (Wildman–Crippen LogP) is 2.60. The van der Waals surface area contributed by atoms with E-state index in [4.69, 9.17) is 9.47 Å². The molecule has 0 aliphatic heterocycles. The van der Waals surface area contributed by atoms with Gasteiger partial charge < -0.3 is 14.8 Å². The Hall–Kier alpha value is -0.120. The Balaban J connectivity index is 2.21. The van der Waals surface area contributed by atoms with Crippen LogP contribution in [0, 0.1) is 5.92 Å². The normalized spacial score (nSPS) is 21.4. The van der Waals surface area contributed by atoms with Gasteiger partial charge in [-0.05, 0) is 39.7 Å². The summed E-state index contributed by atoms with van der Waals surface area (Å²) in [6.45, 7) is 6.40. The highest BCUT2D eigenvalue weighted by molar-refractivity contribution is 4.78. The van der Waals surface area contributed by atoms with Gasteiger partial charge in [0.2, 0.25) is 0 Å². The van der Waals surface area contributed by atoms with E-state index in [0.29, 0.717) is 12.6 Å². The fraction of sp³-hybridized carbons (Fsp3) is 1.00. The standard InChI is InChI=1S/C14H29NO2/c1-4-16-10-12(2)17-11-14(15-3)13-8-6-5-7-9-13/h12-15H,4-11H2,1-3H3. The van der Waals surface area contributed by atoms with Crippen LogP contribution in [0.25, 0.3) is 0 Å². The van der Waals surface area contributed by atoms with Gasteiger partial charge in [0.1, 0.15) is 0 Å². The first-order valence-electron chi connectivity index (χ1n) is 7.14. The lowest BCUT2D eigenvalue weighted by Crippen LogP contribution is -2.40. The summed E-state index contributed by atoms with van der Waals surface area (Å²) in [4.78, 5) is 0. The first-order valence-corrected chi connectivity index (χ1v) is 7.14. The first kappa shape index (κ1) is 14.9. The predicted molar refractivity (Wildman–Crippen MR) is 71.3 cm³/mol. The molecule has 0 aromatic heterocycles. The van der Waals surface area contributed by atoms with Crippen molar-refractivity contribution < 1.29 is 9.47 Å². The summed E-state index contributed by atoms with van der Waals surface area (Å²) in [5.74, 6) is 0.799. The SMILES string of the molecule is CCOCC(C)OCC(NC)C1CCCCC1. The molecular formula is C14H29NO2. The fourth-order valence-corrected chi connectivity index (χ4v) is 2.59. The maximum absolute atomic E-state index is 5.86. The van der Waals surface area contributed by atoms with Crippen LogP contribution in [0.1, 0.15) is 46.0 Å². The van der Waals surface area contributed by atoms with Crippen molar-refractivity contribution in [3.63, 3.8) is 0 Å². The van der Waals surface area contributed by atoms with Crippen LogP contribution in [-0.4, -0.2) is 39.0 Å². The number of ether oxygens (including phenoxy) is 2. The Morgan fingerprint density at radius 1 is 1.18 bits per heavy atom. The van der Waals surface area contributed by atoms with E-state index < -0.39 is 0 Å². The van der Waals surface area contributed by atoms with Crippen LogP contribution >= 0.6 is 0 Å². The van der Waals surface area contributed by atoms with Crippen LogP contribution in [0.4, 0.5) is 0 Å². The third-order valence-corrected chi connectivity index (χ3v) is 3.71. The lowest BCUT2D eigenvalue weighted by molar-refractivity contribution is -0.0182. The van der Waals surface area contributed by atoms with E-state index in [2.05, 4.69) is 19.3 Å². The highest BCUT2D eigenvalue weighted by atomic mass is 16.5. The average molecular weight is 243 g/mol. The van der Waals surface area contributed by atoms with Crippen LogP contribution in [0.3, 0.4) is 0 Å². The van der Waals surface area contributed by atoms with Crippen molar-refractivity contribution >= 4 is 0 Å². The third kappa shape index (κ3) is 5.84. The largest absolute Gasteiger partial charge is 0.379 e. The summed E-state index contributed by atoms with van der Waals surface area (Å²) in [6, 6.07) is 0.513. The molecule has 0 aromatic rings. The maximum atomic E-state index is 5.86. The molecule has 0 saturated heterocycles. The van der Waals surface area contributed by atoms with Crippen LogP contribution < -0.4 is 5.32 Å². The monoisotopic (exact) mass is 243 g/mol. The lowest BCUT2D eigenvalue weighted by Gasteiger charge is -2.30. The second-order valence-electron chi connectivity index (χ2n) is 5.10. The van der Waals surface area contributed by atoms with Gasteiger partial charge in [0, 0.05) is 12.6 Å². The molecule has 0 spiro atoms. The summed E-state index contributed by atoms with van der Waals surface area (Å²) in [5, 5.41) is 3.42. The summed E-state index contributed by atoms with van der Waals surface area (Å²) in [7, 11) is 2.05. The van der Waals surface area contributed by atoms with E-state index in [0.717, 1.165) is 19.1 Å². The van der Waals surface area contributed by atoms with Gasteiger partial charge in [0.05, 0.1) is 19.3 Å². The van der Waals surface area contributed by atoms with Crippen LogP contribution in [0.15, 0.2) is 0 Å². The van der Waals surface area contributed by atoms with E-state index in [1.807, 2.05) is 6.92 Å². The minimum atomic E-state index is 0.203. The van der Waals surface area contributed by atoms with Crippen molar-refractivity contribution in [2.24, 2.45) is 5.92 Å². The molecule has 0 heterocycles. The molecule has 1 N–H and O–H groups in total. The van der Waals surface area contributed by atoms with Gasteiger partial charge >= 0.3 is 0 Å². The average Bonchev–Trinajstić information content (AvgIpc) is 2.38. The zero-order valence-electron chi connectivity index (χ0n) is 11.7. The number of hydrogen-bond acceptors (Lipinski definition) is 3. The van der Waals surface area contributed by atoms with Gasteiger partial charge in [-0.3, -0.25) is 0 Å². The van der Waals surface area contributed by atoms with Crippen molar-refractivity contribution in [1.82, 2.24) is 5.32 Å². The third-order valence-electron chi connectivity index (χ3n) is 3.71. The summed E-state index contributed by atoms with van der Waals surface area (Å²) in [6.07, 6.45) is 7.10. The molecule has 0 radical (unpaired) electrons. The van der Waals surface area contributed by atoms with Crippen molar-refractivity contribution in [1.29, 1.82) is 0 Å². The molecule has 102 valence electrons. The highest BCUT2D eigenvalue weighted by Gasteiger charge is 2.22. The van der Waals surface area contributed by atoms with Crippen molar-refractivity contribution in [2.75, 3.05) is 26.9 Å². The topological polar surface area (TPSA) is 30.5 Å². The smallest absolute Gasteiger partial charge is 0.0781 e. The van der Waals surface area contributed by atoms with Crippen LogP contribution in [0.5, 0.6) is 0 Å². The second-order valence-corrected chi connectivity index (χ2v) is 5.10. The molecule has 0 amide bonds. The van der Waals surface area contributed by atoms with Crippen molar-refractivity contribution in [2.45, 2.75) is 58.1 Å². The van der Waals surface area contributed by atoms with Gasteiger partial charge in [0.15, 0.2) is 0 Å². The van der Waals surface area contributed by atoms with E-state index in [1.54, 1.807) is 0 Å². The molecule has 1 saturated carbocycles. The number of nitrogens with one attached hydrogen (secondary N) is 1. The molecule has 1 fully saturated rings. The first-order chi connectivity index (χ1) is 8.27. The van der Waals surface area contributed by atoms with Gasteiger partial charge in [-0.15, -0.1) is 0 Å². The number of rotatable bonds is 8. The summed E-state index contributed by atoms with van der Waals surface area (Å²) < 4.78 is 11.2. The van der Waals surface area contributed by atoms with E-state index in [1.165, 1.54) is 32.1 Å². The Morgan fingerprint density at radius 3 is 2.47 bits per heavy atom. The number of hydrogen-bond donors (Lipinski definition) is 1. The van der Waals surface area contributed by atoms with Crippen molar-refractivity contribution in [3.8, 4) is 0 Å². The fourth-order valence-electron chi connectivity index (χ4n) is 2.59. The van der Waals surface area contributed by atoms with E-state index >= 15 is 0 Å². The molecule has 1 aliphatic rings. The van der Waals surface area contributed by atoms with E-state index in [-0.39, 0.29) is 6.10 Å². The molecule has 1 aliphatic carbocycles. The zero-order chi connectivity index (χ0) is 12.5. The second kappa shape index (κ2) is 8.90. The molecule has 17 heavy (non-hydrogen) atoms. The molecule has 0 aromatic carbocycles. The van der Waals surface area contributed by atoms with E-state index in [9.17, 15) is 0 Å². The summed E-state index contributed by atoms with van der Waals surface area (Å²) >= 11 is 0. The molecule has 0 bridgehead atoms. The van der Waals surface area contributed by atoms with Gasteiger partial charge in [-0.2, -0.15) is 0 Å². The molecule has 1 rings (SSSR count). The number of likely N-dealkylation sites (N-methyl/N-ethyl adjacent to an activating group) is 1. The van der Waals surface area contributed by atoms with Gasteiger partial charge in [0.25, 0.3) is 0 Å². The Morgan fingerprint density at radius 2 is 1.88 bits per heavy atom. The Bertz CT molecular complexity index is 181. The quantitative estimate of drug-likeness (QED) is 0.711. The van der Waals surface area contributed by atoms with Crippen molar-refractivity contribution in [3.05, 3.63) is 0 Å². The van der Waals surface area contributed by atoms with Crippen LogP contribution in [0.2, 0.25) is 0 Å². The Labute approximate surface area is 106 Å². The summed E-state index contributed by atoms with van der Waals surface area (Å²) in [5.41, 5.74) is 0. The maximum Gasteiger partial charge on any atom is 0.0781 e. The molecular weight excluding hydrogens is 214 g/mol. The minimum Gasteiger partial charge on any atom is -0.379 e. The van der Waals surface area contributed by atoms with Gasteiger partial charge in [-0.25, -0.2) is 0 Å². The minimum absolute atomic E-state index is 0.203. The molecule has 2 unspecified atom stereocenters. The molecule has 3 heteroatoms. The Kier molecular flexibility index (Phi) is 7.82. The molecule has 3 nitrogen and oxygen atoms in total. The zero-order valence-corrected chi connectivity index (χ0v) is 11.7. The van der Waals surface area contributed by atoms with Crippen LogP contribution in [-0.2, 0) is 9.47 Å². The molecule has 2 atom stereocenters. The highest BCUT2D eigenvalue weighted by Crippen LogP contribution is 2.26. The lowest BCUT2D eigenvalue weighted by atomic mass is 9.84.